The van der Waals surface area contributed by atoms with Crippen molar-refractivity contribution < 1.29 is 17.9 Å². The van der Waals surface area contributed by atoms with Crippen LogP contribution in [0.3, 0.4) is 0 Å². The molecule has 0 bridgehead atoms. The van der Waals surface area contributed by atoms with Crippen LogP contribution in [0.5, 0.6) is 5.75 Å². The molecule has 0 fully saturated rings. The number of anilines is 1. The zero-order valence-electron chi connectivity index (χ0n) is 10.8. The van der Waals surface area contributed by atoms with Crippen LogP contribution in [0.25, 0.3) is 16.6 Å². The number of aromatic nitrogens is 1. The lowest BCUT2D eigenvalue weighted by Gasteiger charge is -2.10. The molecule has 1 aromatic heterocycles. The van der Waals surface area contributed by atoms with Gasteiger partial charge in [-0.1, -0.05) is 0 Å². The molecule has 0 saturated heterocycles. The lowest BCUT2D eigenvalue weighted by Crippen LogP contribution is -2.17. The van der Waals surface area contributed by atoms with Crippen LogP contribution in [0.4, 0.5) is 18.9 Å². The summed E-state index contributed by atoms with van der Waals surface area (Å²) in [7, 11) is 0. The average Bonchev–Trinajstić information content (AvgIpc) is 2.80. The first-order chi connectivity index (χ1) is 9.92. The predicted octanol–water partition coefficient (Wildman–Crippen LogP) is 4.11. The molecular weight excluding hydrogens is 281 g/mol. The molecule has 0 radical (unpaired) electrons. The van der Waals surface area contributed by atoms with Gasteiger partial charge in [0.25, 0.3) is 0 Å². The van der Waals surface area contributed by atoms with E-state index < -0.39 is 6.36 Å². The number of nitrogens with two attached hydrogens (primary N) is 1. The minimum absolute atomic E-state index is 0.244. The Morgan fingerprint density at radius 2 is 1.67 bits per heavy atom. The van der Waals surface area contributed by atoms with Crippen molar-refractivity contribution in [2.24, 2.45) is 0 Å². The molecule has 3 rings (SSSR count). The summed E-state index contributed by atoms with van der Waals surface area (Å²) in [6.07, 6.45) is -2.84. The third-order valence-corrected chi connectivity index (χ3v) is 3.06. The van der Waals surface area contributed by atoms with E-state index in [-0.39, 0.29) is 5.75 Å². The lowest BCUT2D eigenvalue weighted by molar-refractivity contribution is -0.274. The number of nitrogens with zero attached hydrogens (tertiary/aromatic N) is 1. The molecule has 0 amide bonds. The van der Waals surface area contributed by atoms with Gasteiger partial charge in [0.2, 0.25) is 0 Å². The summed E-state index contributed by atoms with van der Waals surface area (Å²) < 4.78 is 42.1. The van der Waals surface area contributed by atoms with Gasteiger partial charge in [-0.25, -0.2) is 0 Å². The maximum absolute atomic E-state index is 12.1. The fourth-order valence-electron chi connectivity index (χ4n) is 2.19. The van der Waals surface area contributed by atoms with Crippen molar-refractivity contribution in [3.63, 3.8) is 0 Å². The van der Waals surface area contributed by atoms with Gasteiger partial charge in [-0.3, -0.25) is 0 Å². The number of hydrogen-bond acceptors (Lipinski definition) is 2. The Morgan fingerprint density at radius 1 is 0.952 bits per heavy atom. The second-order valence-electron chi connectivity index (χ2n) is 4.55. The fraction of sp³-hybridized carbons (Fsp3) is 0.0667. The quantitative estimate of drug-likeness (QED) is 0.722. The zero-order valence-corrected chi connectivity index (χ0v) is 10.8. The Kier molecular flexibility index (Phi) is 3.01. The number of benzene rings is 2. The van der Waals surface area contributed by atoms with Crippen molar-refractivity contribution in [1.82, 2.24) is 4.57 Å². The maximum Gasteiger partial charge on any atom is 0.573 e. The number of hydrogen-bond donors (Lipinski definition) is 1. The first kappa shape index (κ1) is 13.4. The van der Waals surface area contributed by atoms with E-state index in [1.165, 1.54) is 12.1 Å². The molecule has 3 nitrogen and oxygen atoms in total. The normalized spacial score (nSPS) is 11.8. The van der Waals surface area contributed by atoms with E-state index >= 15 is 0 Å². The summed E-state index contributed by atoms with van der Waals surface area (Å²) in [5, 5.41) is 0.964. The molecule has 0 aliphatic carbocycles. The van der Waals surface area contributed by atoms with Crippen LogP contribution >= 0.6 is 0 Å². The summed E-state index contributed by atoms with van der Waals surface area (Å²) in [5.74, 6) is -0.244. The van der Waals surface area contributed by atoms with Crippen LogP contribution in [0.15, 0.2) is 54.7 Å². The van der Waals surface area contributed by atoms with Gasteiger partial charge in [-0.2, -0.15) is 0 Å². The van der Waals surface area contributed by atoms with Crippen LogP contribution in [0, 0.1) is 0 Å². The molecule has 0 aliphatic heterocycles. The van der Waals surface area contributed by atoms with Crippen molar-refractivity contribution in [2.75, 3.05) is 5.73 Å². The summed E-state index contributed by atoms with van der Waals surface area (Å²) >= 11 is 0. The summed E-state index contributed by atoms with van der Waals surface area (Å²) in [4.78, 5) is 0. The Hall–Kier alpha value is -2.63. The summed E-state index contributed by atoms with van der Waals surface area (Å²) in [5.41, 5.74) is 8.04. The second kappa shape index (κ2) is 4.73. The molecule has 0 saturated carbocycles. The third kappa shape index (κ3) is 2.79. The van der Waals surface area contributed by atoms with E-state index in [2.05, 4.69) is 4.74 Å². The van der Waals surface area contributed by atoms with E-state index in [0.29, 0.717) is 5.69 Å². The van der Waals surface area contributed by atoms with E-state index in [4.69, 9.17) is 5.73 Å². The highest BCUT2D eigenvalue weighted by atomic mass is 19.4. The number of rotatable bonds is 2. The largest absolute Gasteiger partial charge is 0.573 e. The highest BCUT2D eigenvalue weighted by molar-refractivity contribution is 5.84. The molecular formula is C15H11F3N2O. The van der Waals surface area contributed by atoms with Crippen molar-refractivity contribution in [1.29, 1.82) is 0 Å². The van der Waals surface area contributed by atoms with E-state index in [1.807, 2.05) is 29.0 Å². The lowest BCUT2D eigenvalue weighted by atomic mass is 10.2. The van der Waals surface area contributed by atoms with Gasteiger partial charge in [0.1, 0.15) is 5.75 Å². The van der Waals surface area contributed by atoms with Gasteiger partial charge in [-0.05, 0) is 48.5 Å². The number of nitrogen functional groups attached to an aromatic ring is 1. The summed E-state index contributed by atoms with van der Waals surface area (Å²) in [6, 6.07) is 13.1. The van der Waals surface area contributed by atoms with Gasteiger partial charge >= 0.3 is 6.36 Å². The van der Waals surface area contributed by atoms with Crippen molar-refractivity contribution >= 4 is 16.6 Å². The maximum atomic E-state index is 12.1. The molecule has 0 atom stereocenters. The van der Waals surface area contributed by atoms with Crippen LogP contribution < -0.4 is 10.5 Å². The molecule has 21 heavy (non-hydrogen) atoms. The van der Waals surface area contributed by atoms with E-state index in [0.717, 1.165) is 16.6 Å². The number of ether oxygens (including phenoxy) is 1. The van der Waals surface area contributed by atoms with Crippen molar-refractivity contribution in [3.8, 4) is 11.4 Å². The minimum atomic E-state index is -4.68. The van der Waals surface area contributed by atoms with Gasteiger partial charge < -0.3 is 15.0 Å². The van der Waals surface area contributed by atoms with Crippen LogP contribution in [-0.4, -0.2) is 10.9 Å². The smallest absolute Gasteiger partial charge is 0.406 e. The van der Waals surface area contributed by atoms with Gasteiger partial charge in [-0.15, -0.1) is 13.2 Å². The Labute approximate surface area is 118 Å². The molecule has 2 N–H and O–H groups in total. The molecule has 0 unspecified atom stereocenters. The van der Waals surface area contributed by atoms with Crippen LogP contribution in [0.2, 0.25) is 0 Å². The fourth-order valence-corrected chi connectivity index (χ4v) is 2.19. The van der Waals surface area contributed by atoms with Crippen molar-refractivity contribution in [2.45, 2.75) is 6.36 Å². The topological polar surface area (TPSA) is 40.2 Å². The Balaban J connectivity index is 1.96. The minimum Gasteiger partial charge on any atom is -0.406 e. The molecule has 0 aliphatic rings. The summed E-state index contributed by atoms with van der Waals surface area (Å²) in [6.45, 7) is 0. The monoisotopic (exact) mass is 292 g/mol. The first-order valence-corrected chi connectivity index (χ1v) is 6.15. The van der Waals surface area contributed by atoms with Crippen LogP contribution in [-0.2, 0) is 0 Å². The molecule has 3 aromatic rings. The average molecular weight is 292 g/mol. The standard InChI is InChI=1S/C15H11F3N2O/c16-15(17,18)21-13-4-2-12(3-5-13)20-8-7-10-9-11(19)1-6-14(10)20/h1-9H,19H2. The zero-order chi connectivity index (χ0) is 15.0. The first-order valence-electron chi connectivity index (χ1n) is 6.15. The highest BCUT2D eigenvalue weighted by Crippen LogP contribution is 2.26. The van der Waals surface area contributed by atoms with Gasteiger partial charge in [0, 0.05) is 23.0 Å². The van der Waals surface area contributed by atoms with Crippen LogP contribution in [0.1, 0.15) is 0 Å². The van der Waals surface area contributed by atoms with Gasteiger partial charge in [0.05, 0.1) is 5.52 Å². The highest BCUT2D eigenvalue weighted by Gasteiger charge is 2.30. The van der Waals surface area contributed by atoms with Gasteiger partial charge in [0.15, 0.2) is 0 Å². The SMILES string of the molecule is Nc1ccc2c(ccn2-c2ccc(OC(F)(F)F)cc2)c1. The van der Waals surface area contributed by atoms with E-state index in [1.54, 1.807) is 18.2 Å². The molecule has 2 aromatic carbocycles. The Bertz CT molecular complexity index is 776. The second-order valence-corrected chi connectivity index (χ2v) is 4.55. The number of fused-ring (bicyclic) bond motifs is 1. The molecule has 108 valence electrons. The number of halogens is 3. The molecule has 1 heterocycles. The van der Waals surface area contributed by atoms with E-state index in [9.17, 15) is 13.2 Å². The number of alkyl halides is 3. The van der Waals surface area contributed by atoms with Crippen molar-refractivity contribution in [3.05, 3.63) is 54.7 Å². The third-order valence-electron chi connectivity index (χ3n) is 3.06. The molecule has 0 spiro atoms. The Morgan fingerprint density at radius 3 is 2.33 bits per heavy atom. The predicted molar refractivity (Wildman–Crippen MR) is 74.4 cm³/mol. The molecule has 6 heteroatoms.